The molecular weight excluding hydrogens is 228 g/mol. The maximum Gasteiger partial charge on any atom is 0.407 e. The zero-order chi connectivity index (χ0) is 11.1. The van der Waals surface area contributed by atoms with Gasteiger partial charge in [-0.1, -0.05) is 0 Å². The molecule has 1 saturated carbocycles. The molecule has 2 fully saturated rings. The Morgan fingerprint density at radius 3 is 2.56 bits per heavy atom. The summed E-state index contributed by atoms with van der Waals surface area (Å²) in [6, 6.07) is 0.257. The highest BCUT2D eigenvalue weighted by Gasteiger charge is 2.52. The Morgan fingerprint density at radius 2 is 2.06 bits per heavy atom. The van der Waals surface area contributed by atoms with Crippen molar-refractivity contribution in [3.05, 3.63) is 0 Å². The third-order valence-corrected chi connectivity index (χ3v) is 3.15. The van der Waals surface area contributed by atoms with Gasteiger partial charge in [-0.3, -0.25) is 0 Å². The predicted octanol–water partition coefficient (Wildman–Crippen LogP) is 1.68. The highest BCUT2D eigenvalue weighted by atomic mass is 35.5. The minimum Gasteiger partial charge on any atom is -0.444 e. The molecule has 1 atom stereocenters. The molecule has 1 saturated heterocycles. The lowest BCUT2D eigenvalue weighted by molar-refractivity contribution is 0.0493. The number of carbonyl (C=O) groups excluding carboxylic acids is 1. The molecule has 94 valence electrons. The summed E-state index contributed by atoms with van der Waals surface area (Å²) in [7, 11) is 0. The van der Waals surface area contributed by atoms with Crippen LogP contribution in [-0.2, 0) is 4.74 Å². The standard InChI is InChI=1S/C11H20N2O2.ClH/c1-10(2,3)15-9(14)13-8-6-12-7-11(8)4-5-11;/h8,12H,4-7H2,1-3H3,(H,13,14);1H/t8-;/m1./s1. The van der Waals surface area contributed by atoms with Crippen molar-refractivity contribution in [2.75, 3.05) is 13.1 Å². The molecule has 0 aromatic heterocycles. The highest BCUT2D eigenvalue weighted by Crippen LogP contribution is 2.50. The fraction of sp³-hybridized carbons (Fsp3) is 0.909. The van der Waals surface area contributed by atoms with E-state index in [1.165, 1.54) is 12.8 Å². The Kier molecular flexibility index (Phi) is 3.75. The monoisotopic (exact) mass is 248 g/mol. The van der Waals surface area contributed by atoms with E-state index >= 15 is 0 Å². The molecule has 5 heteroatoms. The predicted molar refractivity (Wildman–Crippen MR) is 64.9 cm³/mol. The molecule has 1 aliphatic heterocycles. The van der Waals surface area contributed by atoms with E-state index in [0.717, 1.165) is 13.1 Å². The van der Waals surface area contributed by atoms with Crippen molar-refractivity contribution in [1.82, 2.24) is 10.6 Å². The summed E-state index contributed by atoms with van der Waals surface area (Å²) in [5.41, 5.74) is -0.0657. The van der Waals surface area contributed by atoms with Gasteiger partial charge in [0.2, 0.25) is 0 Å². The van der Waals surface area contributed by atoms with E-state index in [1.807, 2.05) is 20.8 Å². The highest BCUT2D eigenvalue weighted by molar-refractivity contribution is 5.85. The van der Waals surface area contributed by atoms with Crippen LogP contribution in [0, 0.1) is 5.41 Å². The van der Waals surface area contributed by atoms with E-state index in [0.29, 0.717) is 5.41 Å². The first-order chi connectivity index (χ1) is 6.91. The van der Waals surface area contributed by atoms with Gasteiger partial charge in [-0.2, -0.15) is 0 Å². The molecule has 0 bridgehead atoms. The van der Waals surface area contributed by atoms with E-state index in [9.17, 15) is 4.79 Å². The van der Waals surface area contributed by atoms with Crippen LogP contribution in [0.15, 0.2) is 0 Å². The smallest absolute Gasteiger partial charge is 0.407 e. The maximum atomic E-state index is 11.6. The van der Waals surface area contributed by atoms with E-state index < -0.39 is 5.60 Å². The number of alkyl carbamates (subject to hydrolysis) is 1. The van der Waals surface area contributed by atoms with Crippen LogP contribution in [0.3, 0.4) is 0 Å². The van der Waals surface area contributed by atoms with Gasteiger partial charge in [-0.25, -0.2) is 4.79 Å². The van der Waals surface area contributed by atoms with Crippen molar-refractivity contribution < 1.29 is 9.53 Å². The molecule has 0 aromatic carbocycles. The molecule has 1 heterocycles. The summed E-state index contributed by atoms with van der Waals surface area (Å²) in [6.45, 7) is 7.55. The molecule has 16 heavy (non-hydrogen) atoms. The van der Waals surface area contributed by atoms with Crippen LogP contribution in [0.1, 0.15) is 33.6 Å². The SMILES string of the molecule is CC(C)(C)OC(=O)N[C@@H]1CNCC12CC2.Cl. The van der Waals surface area contributed by atoms with Crippen LogP contribution < -0.4 is 10.6 Å². The van der Waals surface area contributed by atoms with Gasteiger partial charge in [0.15, 0.2) is 0 Å². The Hall–Kier alpha value is -0.480. The topological polar surface area (TPSA) is 50.4 Å². The van der Waals surface area contributed by atoms with Crippen molar-refractivity contribution in [3.63, 3.8) is 0 Å². The van der Waals surface area contributed by atoms with Crippen LogP contribution in [0.2, 0.25) is 0 Å². The van der Waals surface area contributed by atoms with E-state index in [4.69, 9.17) is 4.74 Å². The van der Waals surface area contributed by atoms with Gasteiger partial charge in [0.1, 0.15) is 5.60 Å². The molecule has 0 radical (unpaired) electrons. The molecule has 1 spiro atoms. The van der Waals surface area contributed by atoms with Crippen molar-refractivity contribution in [1.29, 1.82) is 0 Å². The number of amides is 1. The van der Waals surface area contributed by atoms with Gasteiger partial charge in [0.05, 0.1) is 6.04 Å². The van der Waals surface area contributed by atoms with Crippen LogP contribution in [0.5, 0.6) is 0 Å². The minimum absolute atomic E-state index is 0. The minimum atomic E-state index is -0.410. The Labute approximate surface area is 103 Å². The summed E-state index contributed by atoms with van der Waals surface area (Å²) < 4.78 is 5.24. The Morgan fingerprint density at radius 1 is 1.44 bits per heavy atom. The van der Waals surface area contributed by atoms with Crippen molar-refractivity contribution >= 4 is 18.5 Å². The van der Waals surface area contributed by atoms with E-state index in [-0.39, 0.29) is 24.5 Å². The maximum absolute atomic E-state index is 11.6. The summed E-state index contributed by atoms with van der Waals surface area (Å²) in [4.78, 5) is 11.6. The third-order valence-electron chi connectivity index (χ3n) is 3.15. The lowest BCUT2D eigenvalue weighted by Crippen LogP contribution is -2.43. The average molecular weight is 249 g/mol. The average Bonchev–Trinajstić information content (AvgIpc) is 2.70. The quantitative estimate of drug-likeness (QED) is 0.743. The zero-order valence-electron chi connectivity index (χ0n) is 10.1. The lowest BCUT2D eigenvalue weighted by atomic mass is 10.0. The molecule has 1 aliphatic carbocycles. The number of carbonyl (C=O) groups is 1. The summed E-state index contributed by atoms with van der Waals surface area (Å²) >= 11 is 0. The van der Waals surface area contributed by atoms with Gasteiger partial charge >= 0.3 is 6.09 Å². The van der Waals surface area contributed by atoms with E-state index in [2.05, 4.69) is 10.6 Å². The number of ether oxygens (including phenoxy) is 1. The third kappa shape index (κ3) is 3.01. The van der Waals surface area contributed by atoms with Crippen molar-refractivity contribution in [2.24, 2.45) is 5.41 Å². The van der Waals surface area contributed by atoms with Crippen molar-refractivity contribution in [2.45, 2.75) is 45.3 Å². The van der Waals surface area contributed by atoms with E-state index in [1.54, 1.807) is 0 Å². The fourth-order valence-electron chi connectivity index (χ4n) is 2.14. The van der Waals surface area contributed by atoms with Gasteiger partial charge in [0, 0.05) is 18.5 Å². The second-order valence-electron chi connectivity index (χ2n) is 5.69. The Balaban J connectivity index is 0.00000128. The van der Waals surface area contributed by atoms with Crippen LogP contribution in [0.4, 0.5) is 4.79 Å². The normalized spacial score (nSPS) is 26.1. The second-order valence-corrected chi connectivity index (χ2v) is 5.69. The number of rotatable bonds is 1. The van der Waals surface area contributed by atoms with Crippen molar-refractivity contribution in [3.8, 4) is 0 Å². The molecule has 0 aromatic rings. The molecule has 2 aliphatic rings. The zero-order valence-corrected chi connectivity index (χ0v) is 10.9. The van der Waals surface area contributed by atoms with Gasteiger partial charge in [-0.05, 0) is 33.6 Å². The lowest BCUT2D eigenvalue weighted by Gasteiger charge is -2.23. The fourth-order valence-corrected chi connectivity index (χ4v) is 2.14. The molecule has 4 nitrogen and oxygen atoms in total. The molecule has 1 amide bonds. The Bertz CT molecular complexity index is 272. The summed E-state index contributed by atoms with van der Waals surface area (Å²) in [5.74, 6) is 0. The van der Waals surface area contributed by atoms with Gasteiger partial charge in [-0.15, -0.1) is 12.4 Å². The molecule has 2 N–H and O–H groups in total. The second kappa shape index (κ2) is 4.41. The number of halogens is 1. The molecular formula is C11H21ClN2O2. The number of nitrogens with one attached hydrogen (secondary N) is 2. The van der Waals surface area contributed by atoms with Crippen LogP contribution in [-0.4, -0.2) is 30.8 Å². The van der Waals surface area contributed by atoms with Crippen LogP contribution in [0.25, 0.3) is 0 Å². The number of hydrogen-bond donors (Lipinski definition) is 2. The molecule has 0 unspecified atom stereocenters. The van der Waals surface area contributed by atoms with Gasteiger partial charge in [0.25, 0.3) is 0 Å². The largest absolute Gasteiger partial charge is 0.444 e. The van der Waals surface area contributed by atoms with Crippen LogP contribution >= 0.6 is 12.4 Å². The first-order valence-corrected chi connectivity index (χ1v) is 5.62. The summed E-state index contributed by atoms with van der Waals surface area (Å²) in [5, 5.41) is 6.29. The number of hydrogen-bond acceptors (Lipinski definition) is 3. The first-order valence-electron chi connectivity index (χ1n) is 5.62. The first kappa shape index (κ1) is 13.6. The van der Waals surface area contributed by atoms with Gasteiger partial charge < -0.3 is 15.4 Å². The molecule has 2 rings (SSSR count). The summed E-state index contributed by atoms with van der Waals surface area (Å²) in [6.07, 6.45) is 2.16.